The lowest BCUT2D eigenvalue weighted by molar-refractivity contribution is -0.146. The number of hydrogen-bond acceptors (Lipinski definition) is 6. The maximum Gasteiger partial charge on any atom is 0.325 e. The molecule has 2 rings (SSSR count). The molecule has 0 saturated carbocycles. The van der Waals surface area contributed by atoms with E-state index in [-0.39, 0.29) is 18.7 Å². The van der Waals surface area contributed by atoms with Gasteiger partial charge in [0.05, 0.1) is 12.5 Å². The predicted molar refractivity (Wildman–Crippen MR) is 108 cm³/mol. The zero-order valence-corrected chi connectivity index (χ0v) is 17.6. The molecule has 2 amide bonds. The molecule has 0 radical (unpaired) electrons. The second kappa shape index (κ2) is 10.4. The van der Waals surface area contributed by atoms with Crippen LogP contribution in [0.15, 0.2) is 39.4 Å². The molecule has 1 heterocycles. The number of ether oxygens (including phenoxy) is 1. The SMILES string of the molecule is Cc1cc(C)cc(N(CCC#N)C(=O)COC(=O)CNC(=O)c2ccc(Br)o2)c1. The van der Waals surface area contributed by atoms with Gasteiger partial charge in [0.1, 0.15) is 6.54 Å². The highest BCUT2D eigenvalue weighted by molar-refractivity contribution is 9.10. The number of esters is 1. The third-order valence-corrected chi connectivity index (χ3v) is 4.24. The van der Waals surface area contributed by atoms with Gasteiger partial charge in [-0.1, -0.05) is 6.07 Å². The normalized spacial score (nSPS) is 10.1. The number of nitrogens with zero attached hydrogens (tertiary/aromatic N) is 2. The fourth-order valence-corrected chi connectivity index (χ4v) is 2.92. The van der Waals surface area contributed by atoms with Gasteiger partial charge in [-0.25, -0.2) is 0 Å². The first-order chi connectivity index (χ1) is 13.8. The Balaban J connectivity index is 1.92. The Morgan fingerprint density at radius 2 is 1.90 bits per heavy atom. The minimum atomic E-state index is -0.766. The number of nitrogens with one attached hydrogen (secondary N) is 1. The van der Waals surface area contributed by atoms with Crippen LogP contribution in [-0.2, 0) is 14.3 Å². The summed E-state index contributed by atoms with van der Waals surface area (Å²) in [5.41, 5.74) is 2.58. The second-order valence-electron chi connectivity index (χ2n) is 6.25. The molecule has 2 aromatic rings. The van der Waals surface area contributed by atoms with Crippen LogP contribution in [0.5, 0.6) is 0 Å². The van der Waals surface area contributed by atoms with Crippen LogP contribution in [0.1, 0.15) is 28.1 Å². The van der Waals surface area contributed by atoms with Crippen molar-refractivity contribution in [3.63, 3.8) is 0 Å². The van der Waals surface area contributed by atoms with Crippen LogP contribution in [0.2, 0.25) is 0 Å². The van der Waals surface area contributed by atoms with Gasteiger partial charge in [-0.05, 0) is 65.2 Å². The van der Waals surface area contributed by atoms with E-state index < -0.39 is 30.9 Å². The van der Waals surface area contributed by atoms with Crippen molar-refractivity contribution in [2.75, 3.05) is 24.6 Å². The van der Waals surface area contributed by atoms with E-state index in [1.54, 1.807) is 6.07 Å². The summed E-state index contributed by atoms with van der Waals surface area (Å²) in [7, 11) is 0. The summed E-state index contributed by atoms with van der Waals surface area (Å²) >= 11 is 3.08. The van der Waals surface area contributed by atoms with Gasteiger partial charge < -0.3 is 19.4 Å². The van der Waals surface area contributed by atoms with Gasteiger partial charge in [-0.2, -0.15) is 5.26 Å². The van der Waals surface area contributed by atoms with E-state index in [9.17, 15) is 14.4 Å². The Hall–Kier alpha value is -3.12. The van der Waals surface area contributed by atoms with Crippen molar-refractivity contribution in [2.45, 2.75) is 20.3 Å². The zero-order chi connectivity index (χ0) is 21.4. The van der Waals surface area contributed by atoms with Crippen molar-refractivity contribution in [1.29, 1.82) is 5.26 Å². The molecular formula is C20H20BrN3O5. The van der Waals surface area contributed by atoms with E-state index in [4.69, 9.17) is 14.4 Å². The number of nitriles is 1. The van der Waals surface area contributed by atoms with Gasteiger partial charge in [-0.3, -0.25) is 14.4 Å². The van der Waals surface area contributed by atoms with Crippen LogP contribution in [-0.4, -0.2) is 37.5 Å². The smallest absolute Gasteiger partial charge is 0.325 e. The van der Waals surface area contributed by atoms with Crippen LogP contribution >= 0.6 is 15.9 Å². The summed E-state index contributed by atoms with van der Waals surface area (Å²) in [6.07, 6.45) is 0.140. The molecule has 0 unspecified atom stereocenters. The van der Waals surface area contributed by atoms with E-state index in [2.05, 4.69) is 21.2 Å². The molecule has 0 saturated heterocycles. The molecule has 0 bridgehead atoms. The van der Waals surface area contributed by atoms with E-state index in [0.29, 0.717) is 10.4 Å². The molecule has 0 spiro atoms. The number of benzene rings is 1. The fraction of sp³-hybridized carbons (Fsp3) is 0.300. The highest BCUT2D eigenvalue weighted by atomic mass is 79.9. The van der Waals surface area contributed by atoms with Crippen LogP contribution in [0.4, 0.5) is 5.69 Å². The number of amides is 2. The Bertz CT molecular complexity index is 928. The molecule has 0 fully saturated rings. The van der Waals surface area contributed by atoms with Gasteiger partial charge in [-0.15, -0.1) is 0 Å². The molecule has 0 atom stereocenters. The van der Waals surface area contributed by atoms with Crippen molar-refractivity contribution in [2.24, 2.45) is 0 Å². The molecule has 0 aliphatic carbocycles. The van der Waals surface area contributed by atoms with E-state index in [0.717, 1.165) is 11.1 Å². The van der Waals surface area contributed by atoms with Gasteiger partial charge in [0, 0.05) is 12.2 Å². The summed E-state index contributed by atoms with van der Waals surface area (Å²) in [5, 5.41) is 11.2. The second-order valence-corrected chi connectivity index (χ2v) is 7.03. The number of hydrogen-bond donors (Lipinski definition) is 1. The molecule has 1 N–H and O–H groups in total. The molecule has 1 aromatic carbocycles. The number of aryl methyl sites for hydroxylation is 2. The number of furan rings is 1. The lowest BCUT2D eigenvalue weighted by Crippen LogP contribution is -2.37. The maximum absolute atomic E-state index is 12.6. The maximum atomic E-state index is 12.6. The van der Waals surface area contributed by atoms with Crippen molar-refractivity contribution >= 4 is 39.4 Å². The largest absolute Gasteiger partial charge is 0.454 e. The highest BCUT2D eigenvalue weighted by Gasteiger charge is 2.19. The molecule has 152 valence electrons. The quantitative estimate of drug-likeness (QED) is 0.604. The number of halogens is 1. The van der Waals surface area contributed by atoms with E-state index in [1.807, 2.05) is 38.1 Å². The molecule has 29 heavy (non-hydrogen) atoms. The number of rotatable bonds is 8. The van der Waals surface area contributed by atoms with Crippen molar-refractivity contribution in [3.05, 3.63) is 51.9 Å². The monoisotopic (exact) mass is 461 g/mol. The average molecular weight is 462 g/mol. The minimum Gasteiger partial charge on any atom is -0.454 e. The average Bonchev–Trinajstić information content (AvgIpc) is 3.10. The molecule has 1 aromatic heterocycles. The Morgan fingerprint density at radius 3 is 2.48 bits per heavy atom. The number of anilines is 1. The molecule has 0 aliphatic rings. The lowest BCUT2D eigenvalue weighted by Gasteiger charge is -2.22. The van der Waals surface area contributed by atoms with Crippen LogP contribution in [0, 0.1) is 25.2 Å². The number of carbonyl (C=O) groups is 3. The first kappa shape index (κ1) is 22.2. The van der Waals surface area contributed by atoms with Gasteiger partial charge >= 0.3 is 5.97 Å². The minimum absolute atomic E-state index is 0.0400. The lowest BCUT2D eigenvalue weighted by atomic mass is 10.1. The van der Waals surface area contributed by atoms with Crippen molar-refractivity contribution in [1.82, 2.24) is 5.32 Å². The molecule has 8 nitrogen and oxygen atoms in total. The van der Waals surface area contributed by atoms with Crippen molar-refractivity contribution in [3.8, 4) is 6.07 Å². The number of carbonyl (C=O) groups excluding carboxylic acids is 3. The first-order valence-electron chi connectivity index (χ1n) is 8.75. The summed E-state index contributed by atoms with van der Waals surface area (Å²) in [5.74, 6) is -1.76. The standard InChI is InChI=1S/C20H20BrN3O5/c1-13-8-14(2)10-15(9-13)24(7-3-6-22)18(25)12-28-19(26)11-23-20(27)16-4-5-17(21)29-16/h4-5,8-10H,3,7,11-12H2,1-2H3,(H,23,27). The van der Waals surface area contributed by atoms with Crippen LogP contribution < -0.4 is 10.2 Å². The van der Waals surface area contributed by atoms with Crippen molar-refractivity contribution < 1.29 is 23.5 Å². The van der Waals surface area contributed by atoms with Crippen LogP contribution in [0.25, 0.3) is 0 Å². The molecular weight excluding hydrogens is 442 g/mol. The summed E-state index contributed by atoms with van der Waals surface area (Å²) in [6.45, 7) is 3.08. The Labute approximate surface area is 176 Å². The molecule has 9 heteroatoms. The summed E-state index contributed by atoms with van der Waals surface area (Å²) in [4.78, 5) is 37.7. The Kier molecular flexibility index (Phi) is 7.98. The molecule has 0 aliphatic heterocycles. The van der Waals surface area contributed by atoms with Crippen LogP contribution in [0.3, 0.4) is 0 Å². The van der Waals surface area contributed by atoms with Gasteiger partial charge in [0.15, 0.2) is 17.0 Å². The van der Waals surface area contributed by atoms with E-state index in [1.165, 1.54) is 11.0 Å². The predicted octanol–water partition coefficient (Wildman–Crippen LogP) is 2.88. The summed E-state index contributed by atoms with van der Waals surface area (Å²) < 4.78 is 10.4. The third-order valence-electron chi connectivity index (χ3n) is 3.81. The van der Waals surface area contributed by atoms with Gasteiger partial charge in [0.2, 0.25) is 0 Å². The topological polar surface area (TPSA) is 113 Å². The van der Waals surface area contributed by atoms with E-state index >= 15 is 0 Å². The highest BCUT2D eigenvalue weighted by Crippen LogP contribution is 2.19. The van der Waals surface area contributed by atoms with Gasteiger partial charge in [0.25, 0.3) is 11.8 Å². The fourth-order valence-electron chi connectivity index (χ4n) is 2.61. The Morgan fingerprint density at radius 1 is 1.21 bits per heavy atom. The third kappa shape index (κ3) is 6.76. The first-order valence-corrected chi connectivity index (χ1v) is 9.54. The zero-order valence-electron chi connectivity index (χ0n) is 16.0. The summed E-state index contributed by atoms with van der Waals surface area (Å²) in [6, 6.07) is 10.6.